The molecule has 2 atom stereocenters. The van der Waals surface area contributed by atoms with Crippen LogP contribution in [0.2, 0.25) is 5.02 Å². The normalized spacial score (nSPS) is 14.9. The minimum atomic E-state index is -3.21. The topological polar surface area (TPSA) is 84.0 Å². The Bertz CT molecular complexity index is 584. The summed E-state index contributed by atoms with van der Waals surface area (Å²) in [5.74, 6) is -0.254. The molecule has 0 aliphatic rings. The van der Waals surface area contributed by atoms with E-state index in [2.05, 4.69) is 6.92 Å². The predicted octanol–water partition coefficient (Wildman–Crippen LogP) is 2.56. The molecule has 0 amide bonds. The van der Waals surface area contributed by atoms with E-state index in [-0.39, 0.29) is 11.6 Å². The molecule has 0 aromatic heterocycles. The summed E-state index contributed by atoms with van der Waals surface area (Å²) >= 11 is 6.02. The molecule has 1 aromatic rings. The van der Waals surface area contributed by atoms with E-state index in [9.17, 15) is 8.42 Å². The lowest BCUT2D eigenvalue weighted by Crippen LogP contribution is -2.26. The summed E-state index contributed by atoms with van der Waals surface area (Å²) in [6.45, 7) is 5.42. The van der Waals surface area contributed by atoms with Gasteiger partial charge in [-0.15, -0.1) is 0 Å². The van der Waals surface area contributed by atoms with Crippen LogP contribution in [0, 0.1) is 18.3 Å². The number of rotatable bonds is 5. The molecule has 0 heterocycles. The number of nitrogens with one attached hydrogen (secondary N) is 1. The van der Waals surface area contributed by atoms with Gasteiger partial charge in [-0.3, -0.25) is 0 Å². The Balaban J connectivity index is 2.86. The maximum atomic E-state index is 11.4. The van der Waals surface area contributed by atoms with E-state index in [0.29, 0.717) is 22.7 Å². The second kappa shape index (κ2) is 5.92. The quantitative estimate of drug-likeness (QED) is 0.647. The third-order valence-corrected chi connectivity index (χ3v) is 4.91. The molecular formula is C13H18ClN2O2S. The van der Waals surface area contributed by atoms with Crippen LogP contribution in [0.3, 0.4) is 0 Å². The third kappa shape index (κ3) is 4.21. The first-order valence-corrected chi connectivity index (χ1v) is 8.11. The summed E-state index contributed by atoms with van der Waals surface area (Å²) in [6, 6.07) is 4.91. The second-order valence-corrected chi connectivity index (χ2v) is 7.44. The van der Waals surface area contributed by atoms with Crippen LogP contribution in [-0.4, -0.2) is 25.6 Å². The van der Waals surface area contributed by atoms with Gasteiger partial charge in [-0.05, 0) is 37.5 Å². The molecule has 0 saturated carbocycles. The summed E-state index contributed by atoms with van der Waals surface area (Å²) in [6.07, 6.45) is 1.45. The first kappa shape index (κ1) is 16.0. The lowest BCUT2D eigenvalue weighted by molar-refractivity contribution is 0.553. The van der Waals surface area contributed by atoms with Crippen molar-refractivity contribution in [3.63, 3.8) is 0 Å². The minimum absolute atomic E-state index is 0.254. The minimum Gasteiger partial charge on any atom is -0.399 e. The van der Waals surface area contributed by atoms with Gasteiger partial charge < -0.3 is 11.1 Å². The highest BCUT2D eigenvalue weighted by molar-refractivity contribution is 7.91. The third-order valence-electron chi connectivity index (χ3n) is 3.03. The largest absolute Gasteiger partial charge is 0.399 e. The van der Waals surface area contributed by atoms with Crippen molar-refractivity contribution in [3.8, 4) is 0 Å². The Labute approximate surface area is 119 Å². The average molecular weight is 302 g/mol. The Morgan fingerprint density at radius 2 is 2.11 bits per heavy atom. The van der Waals surface area contributed by atoms with Gasteiger partial charge in [0.15, 0.2) is 9.84 Å². The van der Waals surface area contributed by atoms with Crippen molar-refractivity contribution in [1.82, 2.24) is 0 Å². The van der Waals surface area contributed by atoms with Crippen molar-refractivity contribution >= 4 is 32.8 Å². The molecule has 6 heteroatoms. The summed E-state index contributed by atoms with van der Waals surface area (Å²) in [4.78, 5) is 0. The SMILES string of the molecule is [CH2]C([C@H](C)CC(=N)c1ccc(N)cc1Cl)S(C)(=O)=O. The fourth-order valence-electron chi connectivity index (χ4n) is 1.76. The van der Waals surface area contributed by atoms with Gasteiger partial charge in [-0.25, -0.2) is 8.42 Å². The fourth-order valence-corrected chi connectivity index (χ4v) is 3.00. The smallest absolute Gasteiger partial charge is 0.150 e. The summed E-state index contributed by atoms with van der Waals surface area (Å²) in [7, 11) is -3.21. The van der Waals surface area contributed by atoms with Crippen molar-refractivity contribution < 1.29 is 8.42 Å². The van der Waals surface area contributed by atoms with Crippen LogP contribution in [0.1, 0.15) is 18.9 Å². The summed E-state index contributed by atoms with van der Waals surface area (Å²) in [5.41, 5.74) is 6.98. The highest BCUT2D eigenvalue weighted by atomic mass is 35.5. The van der Waals surface area contributed by atoms with E-state index in [4.69, 9.17) is 22.7 Å². The summed E-state index contributed by atoms with van der Waals surface area (Å²) < 4.78 is 22.9. The first-order valence-electron chi connectivity index (χ1n) is 5.77. The zero-order chi connectivity index (χ0) is 14.8. The van der Waals surface area contributed by atoms with Gasteiger partial charge >= 0.3 is 0 Å². The van der Waals surface area contributed by atoms with Crippen LogP contribution in [0.25, 0.3) is 0 Å². The molecule has 1 aromatic carbocycles. The predicted molar refractivity (Wildman–Crippen MR) is 80.5 cm³/mol. The monoisotopic (exact) mass is 301 g/mol. The fraction of sp³-hybridized carbons (Fsp3) is 0.385. The average Bonchev–Trinajstić information content (AvgIpc) is 2.26. The Kier molecular flexibility index (Phi) is 4.98. The van der Waals surface area contributed by atoms with Gasteiger partial charge in [0.05, 0.1) is 10.3 Å². The van der Waals surface area contributed by atoms with Crippen molar-refractivity contribution in [2.24, 2.45) is 5.92 Å². The molecule has 0 aliphatic carbocycles. The molecule has 105 valence electrons. The van der Waals surface area contributed by atoms with Crippen molar-refractivity contribution in [2.45, 2.75) is 18.6 Å². The van der Waals surface area contributed by atoms with Crippen LogP contribution in [0.15, 0.2) is 18.2 Å². The van der Waals surface area contributed by atoms with E-state index < -0.39 is 15.1 Å². The van der Waals surface area contributed by atoms with E-state index in [1.165, 1.54) is 0 Å². The highest BCUT2D eigenvalue weighted by Gasteiger charge is 2.24. The van der Waals surface area contributed by atoms with Gasteiger partial charge in [-0.2, -0.15) is 0 Å². The zero-order valence-electron chi connectivity index (χ0n) is 11.0. The molecule has 0 fully saturated rings. The van der Waals surface area contributed by atoms with Crippen LogP contribution < -0.4 is 5.73 Å². The van der Waals surface area contributed by atoms with Gasteiger partial charge in [0.25, 0.3) is 0 Å². The zero-order valence-corrected chi connectivity index (χ0v) is 12.6. The molecule has 0 spiro atoms. The number of sulfone groups is 1. The molecule has 3 N–H and O–H groups in total. The Morgan fingerprint density at radius 1 is 1.53 bits per heavy atom. The molecule has 0 saturated heterocycles. The second-order valence-electron chi connectivity index (χ2n) is 4.77. The van der Waals surface area contributed by atoms with E-state index in [1.54, 1.807) is 25.1 Å². The number of benzene rings is 1. The number of anilines is 1. The van der Waals surface area contributed by atoms with Gasteiger partial charge in [-0.1, -0.05) is 18.5 Å². The van der Waals surface area contributed by atoms with Gasteiger partial charge in [0.1, 0.15) is 0 Å². The van der Waals surface area contributed by atoms with Gasteiger partial charge in [0.2, 0.25) is 0 Å². The van der Waals surface area contributed by atoms with Crippen LogP contribution in [0.4, 0.5) is 5.69 Å². The van der Waals surface area contributed by atoms with E-state index in [1.807, 2.05) is 0 Å². The van der Waals surface area contributed by atoms with Crippen molar-refractivity contribution in [1.29, 1.82) is 5.41 Å². The number of halogens is 1. The molecule has 1 unspecified atom stereocenters. The lowest BCUT2D eigenvalue weighted by atomic mass is 9.96. The standard InChI is InChI=1S/C13H18ClN2O2S/c1-8(9(2)19(3,17)18)6-13(16)11-5-4-10(15)7-12(11)14/h4-5,7-9,16H,2,6,15H2,1,3H3/t8-,9?/m1/s1. The van der Waals surface area contributed by atoms with Gasteiger partial charge in [0, 0.05) is 23.2 Å². The maximum Gasteiger partial charge on any atom is 0.150 e. The number of nitrogens with two attached hydrogens (primary N) is 1. The molecule has 0 aliphatic heterocycles. The maximum absolute atomic E-state index is 11.4. The first-order chi connectivity index (χ1) is 8.62. The summed E-state index contributed by atoms with van der Waals surface area (Å²) in [5, 5.41) is 7.69. The van der Waals surface area contributed by atoms with Crippen molar-refractivity contribution in [2.75, 3.05) is 12.0 Å². The van der Waals surface area contributed by atoms with E-state index in [0.717, 1.165) is 6.26 Å². The molecule has 1 rings (SSSR count). The van der Waals surface area contributed by atoms with Crippen LogP contribution >= 0.6 is 11.6 Å². The molecule has 1 radical (unpaired) electrons. The van der Waals surface area contributed by atoms with Crippen LogP contribution in [0.5, 0.6) is 0 Å². The molecule has 0 bridgehead atoms. The molecule has 19 heavy (non-hydrogen) atoms. The molecule has 4 nitrogen and oxygen atoms in total. The van der Waals surface area contributed by atoms with Crippen molar-refractivity contribution in [3.05, 3.63) is 35.7 Å². The number of hydrogen-bond donors (Lipinski definition) is 2. The number of hydrogen-bond acceptors (Lipinski definition) is 4. The lowest BCUT2D eigenvalue weighted by Gasteiger charge is -2.19. The number of nitrogen functional groups attached to an aromatic ring is 1. The molecular weight excluding hydrogens is 284 g/mol. The van der Waals surface area contributed by atoms with Crippen LogP contribution in [-0.2, 0) is 9.84 Å². The Hall–Kier alpha value is -1.07. The highest BCUT2D eigenvalue weighted by Crippen LogP contribution is 2.24. The van der Waals surface area contributed by atoms with E-state index >= 15 is 0 Å². The Morgan fingerprint density at radius 3 is 2.58 bits per heavy atom.